The van der Waals surface area contributed by atoms with Gasteiger partial charge in [0.2, 0.25) is 0 Å². The summed E-state index contributed by atoms with van der Waals surface area (Å²) >= 11 is 3.27. The number of halogens is 1. The van der Waals surface area contributed by atoms with Gasteiger partial charge in [-0.25, -0.2) is 0 Å². The van der Waals surface area contributed by atoms with E-state index in [1.165, 1.54) is 0 Å². The molecular weight excluding hydrogens is 288 g/mol. The summed E-state index contributed by atoms with van der Waals surface area (Å²) in [4.78, 5) is 0. The Kier molecular flexibility index (Phi) is 2.82. The summed E-state index contributed by atoms with van der Waals surface area (Å²) in [6, 6.07) is 3.62. The van der Waals surface area contributed by atoms with Crippen LogP contribution in [0.3, 0.4) is 0 Å². The van der Waals surface area contributed by atoms with Crippen LogP contribution >= 0.6 is 15.9 Å². The summed E-state index contributed by atoms with van der Waals surface area (Å²) in [5.41, 5.74) is 0.0281. The summed E-state index contributed by atoms with van der Waals surface area (Å²) in [6.45, 7) is 4.16. The second kappa shape index (κ2) is 4.09. The van der Waals surface area contributed by atoms with E-state index in [0.717, 1.165) is 12.8 Å². The topological polar surface area (TPSA) is 40.8 Å². The molecule has 3 aliphatic heterocycles. The first-order valence-corrected chi connectivity index (χ1v) is 6.65. The van der Waals surface area contributed by atoms with Crippen molar-refractivity contribution in [1.82, 2.24) is 0 Å². The van der Waals surface area contributed by atoms with E-state index in [2.05, 4.69) is 22.9 Å². The van der Waals surface area contributed by atoms with E-state index in [-0.39, 0.29) is 5.41 Å². The number of rotatable bonds is 3. The van der Waals surface area contributed by atoms with Gasteiger partial charge in [-0.2, -0.15) is 0 Å². The Balaban J connectivity index is 1.81. The van der Waals surface area contributed by atoms with Gasteiger partial charge < -0.3 is 18.6 Å². The van der Waals surface area contributed by atoms with E-state index in [4.69, 9.17) is 18.6 Å². The average molecular weight is 303 g/mol. The van der Waals surface area contributed by atoms with E-state index in [9.17, 15) is 0 Å². The van der Waals surface area contributed by atoms with Crippen molar-refractivity contribution in [2.45, 2.75) is 25.7 Å². The summed E-state index contributed by atoms with van der Waals surface area (Å²) in [6.07, 6.45) is 2.17. The Morgan fingerprint density at radius 3 is 2.29 bits per heavy atom. The average Bonchev–Trinajstić information content (AvgIpc) is 2.79. The molecule has 0 aliphatic carbocycles. The van der Waals surface area contributed by atoms with Crippen LogP contribution in [0.1, 0.15) is 25.5 Å². The van der Waals surface area contributed by atoms with Crippen LogP contribution < -0.4 is 0 Å². The second-order valence-corrected chi connectivity index (χ2v) is 5.56. The molecule has 3 aliphatic rings. The second-order valence-electron chi connectivity index (χ2n) is 4.78. The van der Waals surface area contributed by atoms with E-state index in [1.807, 2.05) is 12.1 Å². The minimum absolute atomic E-state index is 0.0281. The molecule has 3 fully saturated rings. The molecule has 0 spiro atoms. The van der Waals surface area contributed by atoms with Crippen molar-refractivity contribution in [1.29, 1.82) is 0 Å². The molecular formula is C12H15BrO4. The van der Waals surface area contributed by atoms with Crippen LogP contribution in [-0.4, -0.2) is 19.8 Å². The molecule has 0 aromatic carbocycles. The third-order valence-electron chi connectivity index (χ3n) is 3.36. The van der Waals surface area contributed by atoms with Crippen molar-refractivity contribution in [3.63, 3.8) is 0 Å². The highest BCUT2D eigenvalue weighted by Crippen LogP contribution is 2.46. The zero-order valence-electron chi connectivity index (χ0n) is 9.70. The largest absolute Gasteiger partial charge is 0.446 e. The first-order chi connectivity index (χ1) is 8.18. The molecule has 0 radical (unpaired) electrons. The van der Waals surface area contributed by atoms with E-state index in [1.54, 1.807) is 0 Å². The van der Waals surface area contributed by atoms with Crippen molar-refractivity contribution in [3.05, 3.63) is 22.6 Å². The predicted octanol–water partition coefficient (Wildman–Crippen LogP) is 3.02. The summed E-state index contributed by atoms with van der Waals surface area (Å²) in [5.74, 6) is -0.559. The van der Waals surface area contributed by atoms with Crippen molar-refractivity contribution in [3.8, 4) is 0 Å². The highest BCUT2D eigenvalue weighted by Gasteiger charge is 2.55. The predicted molar refractivity (Wildman–Crippen MR) is 63.3 cm³/mol. The highest BCUT2D eigenvalue weighted by molar-refractivity contribution is 9.10. The van der Waals surface area contributed by atoms with Crippen LogP contribution in [0.5, 0.6) is 0 Å². The Hall–Kier alpha value is -0.360. The highest BCUT2D eigenvalue weighted by atomic mass is 79.9. The van der Waals surface area contributed by atoms with Crippen molar-refractivity contribution in [2.24, 2.45) is 5.41 Å². The first-order valence-electron chi connectivity index (χ1n) is 5.86. The zero-order chi connectivity index (χ0) is 11.9. The summed E-state index contributed by atoms with van der Waals surface area (Å²) in [5, 5.41) is 0. The number of furan rings is 1. The van der Waals surface area contributed by atoms with Gasteiger partial charge >= 0.3 is 5.97 Å². The molecule has 0 N–H and O–H groups in total. The van der Waals surface area contributed by atoms with Gasteiger partial charge in [0, 0.05) is 5.41 Å². The fraction of sp³-hybridized carbons (Fsp3) is 0.667. The molecule has 1 aromatic heterocycles. The fourth-order valence-corrected chi connectivity index (χ4v) is 2.74. The van der Waals surface area contributed by atoms with Crippen molar-refractivity contribution in [2.75, 3.05) is 19.8 Å². The monoisotopic (exact) mass is 302 g/mol. The van der Waals surface area contributed by atoms with E-state index >= 15 is 0 Å². The van der Waals surface area contributed by atoms with Crippen LogP contribution in [0.15, 0.2) is 21.2 Å². The number of ether oxygens (including phenoxy) is 3. The number of hydrogen-bond donors (Lipinski definition) is 0. The normalized spacial score (nSPS) is 36.4. The lowest BCUT2D eigenvalue weighted by Crippen LogP contribution is -2.58. The maximum Gasteiger partial charge on any atom is 0.346 e. The smallest absolute Gasteiger partial charge is 0.346 e. The molecule has 17 heavy (non-hydrogen) atoms. The molecule has 2 bridgehead atoms. The lowest BCUT2D eigenvalue weighted by molar-refractivity contribution is -0.485. The zero-order valence-corrected chi connectivity index (χ0v) is 11.3. The Labute approximate surface area is 108 Å². The molecule has 0 saturated carbocycles. The van der Waals surface area contributed by atoms with Gasteiger partial charge in [-0.1, -0.05) is 13.3 Å². The van der Waals surface area contributed by atoms with Crippen LogP contribution in [0.25, 0.3) is 0 Å². The lowest BCUT2D eigenvalue weighted by Gasteiger charge is -2.50. The van der Waals surface area contributed by atoms with Crippen LogP contribution in [0, 0.1) is 5.41 Å². The minimum Gasteiger partial charge on any atom is -0.446 e. The Morgan fingerprint density at radius 2 is 1.82 bits per heavy atom. The van der Waals surface area contributed by atoms with E-state index < -0.39 is 5.97 Å². The Bertz CT molecular complexity index is 390. The molecule has 1 aromatic rings. The summed E-state index contributed by atoms with van der Waals surface area (Å²) in [7, 11) is 0. The Morgan fingerprint density at radius 1 is 1.18 bits per heavy atom. The molecule has 94 valence electrons. The summed E-state index contributed by atoms with van der Waals surface area (Å²) < 4.78 is 23.4. The molecule has 0 amide bonds. The van der Waals surface area contributed by atoms with Gasteiger partial charge in [0.05, 0.1) is 19.8 Å². The molecule has 4 rings (SSSR count). The third kappa shape index (κ3) is 1.85. The molecule has 0 atom stereocenters. The molecule has 4 heterocycles. The quantitative estimate of drug-likeness (QED) is 0.860. The lowest BCUT2D eigenvalue weighted by atomic mass is 9.84. The third-order valence-corrected chi connectivity index (χ3v) is 3.79. The molecule has 3 saturated heterocycles. The van der Waals surface area contributed by atoms with Gasteiger partial charge in [-0.15, -0.1) is 0 Å². The van der Waals surface area contributed by atoms with Crippen LogP contribution in [0.4, 0.5) is 0 Å². The van der Waals surface area contributed by atoms with Gasteiger partial charge in [0.25, 0.3) is 0 Å². The van der Waals surface area contributed by atoms with E-state index in [0.29, 0.717) is 30.3 Å². The molecule has 5 heteroatoms. The minimum atomic E-state index is -1.12. The van der Waals surface area contributed by atoms with Crippen molar-refractivity contribution >= 4 is 15.9 Å². The SMILES string of the molecule is CCCC12COC(c3ccc(Br)o3)(OC1)OC2. The van der Waals surface area contributed by atoms with Gasteiger partial charge in [0.1, 0.15) is 0 Å². The molecule has 4 nitrogen and oxygen atoms in total. The van der Waals surface area contributed by atoms with Gasteiger partial charge in [0.15, 0.2) is 10.4 Å². The first kappa shape index (κ1) is 11.7. The maximum absolute atomic E-state index is 5.76. The fourth-order valence-electron chi connectivity index (χ4n) is 2.43. The van der Waals surface area contributed by atoms with Crippen LogP contribution in [0.2, 0.25) is 0 Å². The standard InChI is InChI=1S/C12H15BrO4/c1-2-5-11-6-14-12(15-7-11,16-8-11)9-3-4-10(13)17-9/h3-4H,2,5-8H2,1H3. The molecule has 0 unspecified atom stereocenters. The van der Waals surface area contributed by atoms with Crippen LogP contribution in [-0.2, 0) is 20.2 Å². The van der Waals surface area contributed by atoms with Crippen molar-refractivity contribution < 1.29 is 18.6 Å². The number of hydrogen-bond acceptors (Lipinski definition) is 4. The maximum atomic E-state index is 5.76. The van der Waals surface area contributed by atoms with Gasteiger partial charge in [-0.05, 0) is 34.5 Å². The number of fused-ring (bicyclic) bond motifs is 3. The van der Waals surface area contributed by atoms with Gasteiger partial charge in [-0.3, -0.25) is 0 Å².